The van der Waals surface area contributed by atoms with Crippen LogP contribution in [0.3, 0.4) is 0 Å². The molecule has 0 aromatic heterocycles. The molecule has 4 rings (SSSR count). The van der Waals surface area contributed by atoms with Crippen LogP contribution in [0, 0.1) is 11.3 Å². The number of methoxy groups -OCH3 is 1. The molecule has 196 valence electrons. The molecule has 1 atom stereocenters. The maximum atomic E-state index is 12.8. The zero-order valence-corrected chi connectivity index (χ0v) is 22.4. The van der Waals surface area contributed by atoms with Crippen LogP contribution >= 0.6 is 23.2 Å². The van der Waals surface area contributed by atoms with Crippen LogP contribution in [-0.2, 0) is 0 Å². The fourth-order valence-electron chi connectivity index (χ4n) is 4.24. The first kappa shape index (κ1) is 27.2. The number of ether oxygens (including phenoxy) is 4. The first-order valence-corrected chi connectivity index (χ1v) is 12.8. The average molecular weight is 553 g/mol. The molecule has 0 saturated heterocycles. The minimum absolute atomic E-state index is 0.0250. The molecular weight excluding hydrogens is 527 g/mol. The molecule has 0 saturated carbocycles. The van der Waals surface area contributed by atoms with E-state index in [9.17, 15) is 10.1 Å². The molecule has 1 heterocycles. The number of halogens is 2. The molecule has 1 unspecified atom stereocenters. The van der Waals surface area contributed by atoms with Gasteiger partial charge in [0.15, 0.2) is 5.75 Å². The lowest BCUT2D eigenvalue weighted by molar-refractivity contribution is 0.0734. The van der Waals surface area contributed by atoms with E-state index in [1.54, 1.807) is 18.2 Å². The van der Waals surface area contributed by atoms with Gasteiger partial charge < -0.3 is 24.7 Å². The van der Waals surface area contributed by atoms with Crippen molar-refractivity contribution in [3.8, 4) is 29.1 Å². The van der Waals surface area contributed by atoms with Crippen LogP contribution < -0.4 is 24.7 Å². The summed E-state index contributed by atoms with van der Waals surface area (Å²) >= 11 is 12.3. The van der Waals surface area contributed by atoms with E-state index in [0.717, 1.165) is 24.8 Å². The van der Waals surface area contributed by atoms with Gasteiger partial charge in [-0.25, -0.2) is 4.79 Å². The zero-order chi connectivity index (χ0) is 27.2. The molecule has 3 aromatic rings. The Bertz CT molecular complexity index is 1410. The van der Waals surface area contributed by atoms with Crippen molar-refractivity contribution in [2.75, 3.05) is 13.7 Å². The fourth-order valence-corrected chi connectivity index (χ4v) is 4.88. The molecule has 0 radical (unpaired) electrons. The predicted octanol–water partition coefficient (Wildman–Crippen LogP) is 7.01. The van der Waals surface area contributed by atoms with Gasteiger partial charge in [-0.1, -0.05) is 67.2 Å². The van der Waals surface area contributed by atoms with Gasteiger partial charge in [0.05, 0.1) is 35.2 Å². The third-order valence-electron chi connectivity index (χ3n) is 6.07. The van der Waals surface area contributed by atoms with E-state index in [4.69, 9.17) is 47.9 Å². The number of nitrogens with two attached hydrogens (primary N) is 1. The Kier molecular flexibility index (Phi) is 8.67. The van der Waals surface area contributed by atoms with Gasteiger partial charge in [-0.2, -0.15) is 5.26 Å². The highest BCUT2D eigenvalue weighted by Gasteiger charge is 2.33. The number of benzene rings is 3. The van der Waals surface area contributed by atoms with Crippen molar-refractivity contribution < 1.29 is 23.7 Å². The largest absolute Gasteiger partial charge is 0.494 e. The van der Waals surface area contributed by atoms with Gasteiger partial charge >= 0.3 is 5.97 Å². The summed E-state index contributed by atoms with van der Waals surface area (Å²) in [7, 11) is 1.43. The first-order valence-electron chi connectivity index (χ1n) is 12.1. The summed E-state index contributed by atoms with van der Waals surface area (Å²) in [5.74, 6) is 0.305. The molecule has 0 aliphatic carbocycles. The number of carbonyl (C=O) groups excluding carboxylic acids is 1. The van der Waals surface area contributed by atoms with Gasteiger partial charge in [0.1, 0.15) is 28.9 Å². The highest BCUT2D eigenvalue weighted by atomic mass is 35.5. The highest BCUT2D eigenvalue weighted by molar-refractivity contribution is 6.37. The second-order valence-electron chi connectivity index (χ2n) is 8.58. The van der Waals surface area contributed by atoms with Crippen LogP contribution in [0.5, 0.6) is 23.0 Å². The first-order chi connectivity index (χ1) is 18.4. The molecule has 7 nitrogen and oxygen atoms in total. The van der Waals surface area contributed by atoms with Crippen LogP contribution in [0.4, 0.5) is 0 Å². The molecule has 0 fully saturated rings. The minimum atomic E-state index is -0.671. The van der Waals surface area contributed by atoms with Crippen molar-refractivity contribution in [2.45, 2.75) is 32.1 Å². The topological polar surface area (TPSA) is 104 Å². The number of allylic oxidation sites excluding steroid dienone is 1. The quantitative estimate of drug-likeness (QED) is 0.173. The summed E-state index contributed by atoms with van der Waals surface area (Å²) in [6.45, 7) is 2.70. The van der Waals surface area contributed by atoms with Crippen molar-refractivity contribution in [3.63, 3.8) is 0 Å². The lowest BCUT2D eigenvalue weighted by atomic mass is 9.83. The second kappa shape index (κ2) is 12.1. The third kappa shape index (κ3) is 5.67. The van der Waals surface area contributed by atoms with Gasteiger partial charge in [0, 0.05) is 17.2 Å². The van der Waals surface area contributed by atoms with Crippen LogP contribution in [0.15, 0.2) is 66.1 Å². The van der Waals surface area contributed by atoms with E-state index >= 15 is 0 Å². The van der Waals surface area contributed by atoms with Gasteiger partial charge in [-0.05, 0) is 30.7 Å². The summed E-state index contributed by atoms with van der Waals surface area (Å²) in [6, 6.07) is 17.5. The normalized spacial score (nSPS) is 14.2. The van der Waals surface area contributed by atoms with Crippen molar-refractivity contribution >= 4 is 29.2 Å². The average Bonchev–Trinajstić information content (AvgIpc) is 2.90. The van der Waals surface area contributed by atoms with E-state index in [0.29, 0.717) is 23.7 Å². The van der Waals surface area contributed by atoms with Crippen LogP contribution in [0.2, 0.25) is 10.0 Å². The maximum absolute atomic E-state index is 12.8. The lowest BCUT2D eigenvalue weighted by Crippen LogP contribution is -2.21. The molecule has 0 amide bonds. The Balaban J connectivity index is 1.65. The number of esters is 1. The van der Waals surface area contributed by atoms with Crippen LogP contribution in [0.1, 0.15) is 53.6 Å². The number of nitriles is 1. The predicted molar refractivity (Wildman–Crippen MR) is 145 cm³/mol. The fraction of sp³-hybridized carbons (Fsp3) is 0.241. The van der Waals surface area contributed by atoms with E-state index < -0.39 is 11.9 Å². The number of fused-ring (bicyclic) bond motifs is 1. The maximum Gasteiger partial charge on any atom is 0.343 e. The SMILES string of the molecule is CCCCCOc1ccccc1C1C(C#N)=C(N)Oc2cc(OC(=O)c3cc(Cl)c(OC)c(Cl)c3)ccc21. The summed E-state index contributed by atoms with van der Waals surface area (Å²) in [5, 5.41) is 10.3. The Morgan fingerprint density at radius 2 is 1.82 bits per heavy atom. The standard InChI is InChI=1S/C29H26Cl2N2O5/c1-3-4-7-12-36-24-9-6-5-8-19(24)26-20-11-10-18(15-25(20)38-28(33)21(26)16-32)37-29(34)17-13-22(30)27(35-2)23(31)14-17/h5-6,8-11,13-15,26H,3-4,7,12,33H2,1-2H3. The van der Waals surface area contributed by atoms with E-state index in [2.05, 4.69) is 13.0 Å². The molecule has 38 heavy (non-hydrogen) atoms. The number of unbranched alkanes of at least 4 members (excludes halogenated alkanes) is 2. The molecule has 0 spiro atoms. The molecule has 2 N–H and O–H groups in total. The third-order valence-corrected chi connectivity index (χ3v) is 6.64. The molecule has 0 bridgehead atoms. The molecule has 1 aliphatic heterocycles. The van der Waals surface area contributed by atoms with Crippen LogP contribution in [-0.4, -0.2) is 19.7 Å². The van der Waals surface area contributed by atoms with Gasteiger partial charge in [-0.3, -0.25) is 0 Å². The van der Waals surface area contributed by atoms with Gasteiger partial charge in [-0.15, -0.1) is 0 Å². The van der Waals surface area contributed by atoms with Gasteiger partial charge in [0.25, 0.3) is 0 Å². The number of hydrogen-bond donors (Lipinski definition) is 1. The van der Waals surface area contributed by atoms with Crippen molar-refractivity contribution in [3.05, 3.63) is 92.8 Å². The van der Waals surface area contributed by atoms with Crippen LogP contribution in [0.25, 0.3) is 0 Å². The molecular formula is C29H26Cl2N2O5. The molecule has 9 heteroatoms. The van der Waals surface area contributed by atoms with E-state index in [1.165, 1.54) is 19.2 Å². The second-order valence-corrected chi connectivity index (χ2v) is 9.39. The minimum Gasteiger partial charge on any atom is -0.494 e. The van der Waals surface area contributed by atoms with Gasteiger partial charge in [0.2, 0.25) is 5.88 Å². The van der Waals surface area contributed by atoms with Crippen molar-refractivity contribution in [1.82, 2.24) is 0 Å². The van der Waals surface area contributed by atoms with E-state index in [-0.39, 0.29) is 38.6 Å². The number of hydrogen-bond acceptors (Lipinski definition) is 7. The highest BCUT2D eigenvalue weighted by Crippen LogP contribution is 2.46. The number of nitrogens with zero attached hydrogens (tertiary/aromatic N) is 1. The Morgan fingerprint density at radius 3 is 2.50 bits per heavy atom. The molecule has 1 aliphatic rings. The number of para-hydroxylation sites is 1. The summed E-state index contributed by atoms with van der Waals surface area (Å²) in [5.41, 5.74) is 8.08. The molecule has 3 aromatic carbocycles. The summed E-state index contributed by atoms with van der Waals surface area (Å²) < 4.78 is 22.5. The Labute approximate surface area is 231 Å². The Morgan fingerprint density at radius 1 is 1.08 bits per heavy atom. The number of carbonyl (C=O) groups is 1. The smallest absolute Gasteiger partial charge is 0.343 e. The monoisotopic (exact) mass is 552 g/mol. The number of rotatable bonds is 9. The Hall–Kier alpha value is -3.86. The van der Waals surface area contributed by atoms with Crippen molar-refractivity contribution in [2.24, 2.45) is 5.73 Å². The summed E-state index contributed by atoms with van der Waals surface area (Å²) in [4.78, 5) is 12.8. The van der Waals surface area contributed by atoms with Crippen molar-refractivity contribution in [1.29, 1.82) is 5.26 Å². The summed E-state index contributed by atoms with van der Waals surface area (Å²) in [6.07, 6.45) is 3.08. The zero-order valence-electron chi connectivity index (χ0n) is 20.9. The van der Waals surface area contributed by atoms with E-state index in [1.807, 2.05) is 24.3 Å². The lowest BCUT2D eigenvalue weighted by Gasteiger charge is -2.28.